The molecule has 4 heteroatoms. The third-order valence-corrected chi connectivity index (χ3v) is 2.89. The molecule has 102 valence electrons. The molecule has 0 aliphatic heterocycles. The van der Waals surface area contributed by atoms with E-state index in [1.54, 1.807) is 6.20 Å². The van der Waals surface area contributed by atoms with E-state index in [-0.39, 0.29) is 0 Å². The van der Waals surface area contributed by atoms with Crippen LogP contribution >= 0.6 is 0 Å². The molecule has 0 bridgehead atoms. The first-order chi connectivity index (χ1) is 9.40. The fourth-order valence-electron chi connectivity index (χ4n) is 1.91. The first-order valence-corrected chi connectivity index (χ1v) is 6.73. The molecule has 19 heavy (non-hydrogen) atoms. The zero-order valence-corrected chi connectivity index (χ0v) is 11.4. The van der Waals surface area contributed by atoms with Crippen LogP contribution in [0, 0.1) is 0 Å². The Kier molecular flexibility index (Phi) is 5.59. The van der Waals surface area contributed by atoms with E-state index >= 15 is 0 Å². The zero-order chi connectivity index (χ0) is 13.3. The summed E-state index contributed by atoms with van der Waals surface area (Å²) in [6, 6.07) is 8.38. The lowest BCUT2D eigenvalue weighted by atomic mass is 10.1. The van der Waals surface area contributed by atoms with Gasteiger partial charge in [0.15, 0.2) is 0 Å². The van der Waals surface area contributed by atoms with Gasteiger partial charge in [0.25, 0.3) is 0 Å². The highest BCUT2D eigenvalue weighted by Gasteiger charge is 2.02. The molecule has 0 radical (unpaired) electrons. The van der Waals surface area contributed by atoms with Crippen LogP contribution in [0.3, 0.4) is 0 Å². The van der Waals surface area contributed by atoms with E-state index in [1.165, 1.54) is 11.1 Å². The molecule has 1 aromatic carbocycles. The minimum atomic E-state index is 0.687. The Hall–Kier alpha value is -1.65. The van der Waals surface area contributed by atoms with Gasteiger partial charge in [-0.05, 0) is 17.5 Å². The predicted octanol–water partition coefficient (Wildman–Crippen LogP) is 2.63. The summed E-state index contributed by atoms with van der Waals surface area (Å²) in [4.78, 5) is 7.27. The van der Waals surface area contributed by atoms with Crippen LogP contribution in [0.2, 0.25) is 0 Å². The third-order valence-electron chi connectivity index (χ3n) is 2.89. The van der Waals surface area contributed by atoms with Crippen molar-refractivity contribution in [2.24, 2.45) is 0 Å². The van der Waals surface area contributed by atoms with Gasteiger partial charge in [-0.15, -0.1) is 0 Å². The molecule has 0 saturated heterocycles. The second kappa shape index (κ2) is 7.71. The van der Waals surface area contributed by atoms with Crippen molar-refractivity contribution in [1.29, 1.82) is 0 Å². The summed E-state index contributed by atoms with van der Waals surface area (Å²) in [5.41, 5.74) is 2.54. The summed E-state index contributed by atoms with van der Waals surface area (Å²) in [5.74, 6) is 0.958. The maximum absolute atomic E-state index is 5.62. The Morgan fingerprint density at radius 3 is 2.79 bits per heavy atom. The lowest BCUT2D eigenvalue weighted by Gasteiger charge is -2.10. The number of imidazole rings is 1. The van der Waals surface area contributed by atoms with E-state index in [2.05, 4.69) is 46.5 Å². The molecule has 0 amide bonds. The number of ether oxygens (including phenoxy) is 1. The lowest BCUT2D eigenvalue weighted by molar-refractivity contribution is 0.121. The van der Waals surface area contributed by atoms with Gasteiger partial charge in [0.05, 0.1) is 13.2 Å². The smallest absolute Gasteiger partial charge is 0.120 e. The molecule has 0 unspecified atom stereocenters. The number of benzene rings is 1. The number of H-pyrrole nitrogens is 1. The molecule has 2 aromatic rings. The molecule has 0 saturated carbocycles. The number of aromatic nitrogens is 2. The van der Waals surface area contributed by atoms with E-state index < -0.39 is 0 Å². The van der Waals surface area contributed by atoms with Gasteiger partial charge < -0.3 is 15.0 Å². The summed E-state index contributed by atoms with van der Waals surface area (Å²) in [7, 11) is 0. The summed E-state index contributed by atoms with van der Waals surface area (Å²) in [6.07, 6.45) is 4.66. The van der Waals surface area contributed by atoms with Crippen molar-refractivity contribution in [3.05, 3.63) is 53.6 Å². The average Bonchev–Trinajstić information content (AvgIpc) is 2.94. The Labute approximate surface area is 114 Å². The van der Waals surface area contributed by atoms with E-state index in [1.807, 2.05) is 6.20 Å². The maximum atomic E-state index is 5.62. The van der Waals surface area contributed by atoms with Crippen molar-refractivity contribution in [2.75, 3.05) is 6.61 Å². The molecule has 0 aliphatic rings. The van der Waals surface area contributed by atoms with Crippen molar-refractivity contribution in [1.82, 2.24) is 15.3 Å². The van der Waals surface area contributed by atoms with Gasteiger partial charge in [-0.2, -0.15) is 0 Å². The van der Waals surface area contributed by atoms with Crippen LogP contribution in [0.25, 0.3) is 0 Å². The minimum absolute atomic E-state index is 0.687. The van der Waals surface area contributed by atoms with Crippen molar-refractivity contribution >= 4 is 0 Å². The van der Waals surface area contributed by atoms with Gasteiger partial charge in [0, 0.05) is 25.5 Å². The minimum Gasteiger partial charge on any atom is -0.377 e. The van der Waals surface area contributed by atoms with Crippen LogP contribution in [0.15, 0.2) is 36.7 Å². The number of hydrogen-bond acceptors (Lipinski definition) is 3. The fourth-order valence-corrected chi connectivity index (χ4v) is 1.91. The van der Waals surface area contributed by atoms with Crippen molar-refractivity contribution < 1.29 is 4.74 Å². The molecule has 0 fully saturated rings. The first-order valence-electron chi connectivity index (χ1n) is 6.73. The van der Waals surface area contributed by atoms with Crippen LogP contribution < -0.4 is 5.32 Å². The number of hydrogen-bond donors (Lipinski definition) is 2. The molecule has 1 aromatic heterocycles. The van der Waals surface area contributed by atoms with Gasteiger partial charge in [-0.1, -0.05) is 31.2 Å². The second-order valence-electron chi connectivity index (χ2n) is 4.46. The molecule has 4 nitrogen and oxygen atoms in total. The van der Waals surface area contributed by atoms with Crippen LogP contribution in [0.4, 0.5) is 0 Å². The zero-order valence-electron chi connectivity index (χ0n) is 11.4. The third kappa shape index (κ3) is 4.50. The van der Waals surface area contributed by atoms with Gasteiger partial charge in [0.2, 0.25) is 0 Å². The Morgan fingerprint density at radius 1 is 1.21 bits per heavy atom. The molecule has 0 spiro atoms. The number of rotatable bonds is 8. The fraction of sp³-hybridized carbons (Fsp3) is 0.400. The Morgan fingerprint density at radius 2 is 2.05 bits per heavy atom. The highest BCUT2D eigenvalue weighted by molar-refractivity contribution is 5.26. The van der Waals surface area contributed by atoms with Crippen LogP contribution in [0.1, 0.15) is 30.3 Å². The Bertz CT molecular complexity index is 468. The number of nitrogens with zero attached hydrogens (tertiary/aromatic N) is 1. The van der Waals surface area contributed by atoms with Crippen molar-refractivity contribution in [3.8, 4) is 0 Å². The number of aromatic amines is 1. The quantitative estimate of drug-likeness (QED) is 0.716. The predicted molar refractivity (Wildman–Crippen MR) is 75.5 cm³/mol. The molecule has 1 heterocycles. The molecular weight excluding hydrogens is 238 g/mol. The lowest BCUT2D eigenvalue weighted by Crippen LogP contribution is -2.15. The maximum Gasteiger partial charge on any atom is 0.120 e. The van der Waals surface area contributed by atoms with E-state index in [0.717, 1.165) is 31.9 Å². The summed E-state index contributed by atoms with van der Waals surface area (Å²) >= 11 is 0. The SMILES string of the molecule is CCCOCc1ccccc1CNCc1ncc[nH]1. The van der Waals surface area contributed by atoms with Gasteiger partial charge in [-0.3, -0.25) is 0 Å². The second-order valence-corrected chi connectivity index (χ2v) is 4.46. The van der Waals surface area contributed by atoms with E-state index in [9.17, 15) is 0 Å². The Balaban J connectivity index is 1.84. The largest absolute Gasteiger partial charge is 0.377 e. The average molecular weight is 259 g/mol. The van der Waals surface area contributed by atoms with Crippen molar-refractivity contribution in [3.63, 3.8) is 0 Å². The molecule has 0 atom stereocenters. The standard InChI is InChI=1S/C15H21N3O/c1-2-9-19-12-14-6-4-3-5-13(14)10-16-11-15-17-7-8-18-15/h3-8,16H,2,9-12H2,1H3,(H,17,18). The van der Waals surface area contributed by atoms with Gasteiger partial charge >= 0.3 is 0 Å². The normalized spacial score (nSPS) is 10.8. The van der Waals surface area contributed by atoms with E-state index in [4.69, 9.17) is 4.74 Å². The van der Waals surface area contributed by atoms with Crippen LogP contribution in [-0.4, -0.2) is 16.6 Å². The van der Waals surface area contributed by atoms with Crippen molar-refractivity contribution in [2.45, 2.75) is 33.0 Å². The highest BCUT2D eigenvalue weighted by Crippen LogP contribution is 2.10. The molecule has 2 N–H and O–H groups in total. The summed E-state index contributed by atoms with van der Waals surface area (Å²) in [5, 5.41) is 3.39. The monoisotopic (exact) mass is 259 g/mol. The van der Waals surface area contributed by atoms with Crippen LogP contribution in [0.5, 0.6) is 0 Å². The molecule has 2 rings (SSSR count). The van der Waals surface area contributed by atoms with Gasteiger partial charge in [-0.25, -0.2) is 4.98 Å². The number of nitrogens with one attached hydrogen (secondary N) is 2. The molecular formula is C15H21N3O. The van der Waals surface area contributed by atoms with Gasteiger partial charge in [0.1, 0.15) is 5.82 Å². The summed E-state index contributed by atoms with van der Waals surface area (Å²) < 4.78 is 5.62. The highest BCUT2D eigenvalue weighted by atomic mass is 16.5. The summed E-state index contributed by atoms with van der Waals surface area (Å²) in [6.45, 7) is 5.20. The first kappa shape index (κ1) is 13.8. The van der Waals surface area contributed by atoms with Crippen LogP contribution in [-0.2, 0) is 24.4 Å². The molecule has 0 aliphatic carbocycles. The topological polar surface area (TPSA) is 49.9 Å². The van der Waals surface area contributed by atoms with E-state index in [0.29, 0.717) is 6.61 Å².